The highest BCUT2D eigenvalue weighted by Gasteiger charge is 2.37. The number of carbonyl (C=O) groups excluding carboxylic acids is 1. The van der Waals surface area contributed by atoms with Gasteiger partial charge in [-0.05, 0) is 6.42 Å². The van der Waals surface area contributed by atoms with Crippen molar-refractivity contribution < 1.29 is 27.4 Å². The summed E-state index contributed by atoms with van der Waals surface area (Å²) in [7, 11) is 0. The summed E-state index contributed by atoms with van der Waals surface area (Å²) in [4.78, 5) is 10.6. The lowest BCUT2D eigenvalue weighted by molar-refractivity contribution is -0.307. The van der Waals surface area contributed by atoms with Gasteiger partial charge in [0.1, 0.15) is 0 Å². The highest BCUT2D eigenvalue weighted by molar-refractivity contribution is 5.73. The molecule has 6 heteroatoms. The standard InChI is InChI=1S/C6H7F3O3/c7-6(8,9)12-5(10)4-1-2-11-3-4/h4H,1-3H2. The normalized spacial score (nSPS) is 24.1. The minimum Gasteiger partial charge on any atom is -0.381 e. The number of hydrogen-bond donors (Lipinski definition) is 0. The molecule has 70 valence electrons. The average molecular weight is 184 g/mol. The summed E-state index contributed by atoms with van der Waals surface area (Å²) in [5.41, 5.74) is 0. The van der Waals surface area contributed by atoms with E-state index in [0.717, 1.165) is 0 Å². The smallest absolute Gasteiger partial charge is 0.381 e. The predicted octanol–water partition coefficient (Wildman–Crippen LogP) is 1.09. The fourth-order valence-corrected chi connectivity index (χ4v) is 0.918. The van der Waals surface area contributed by atoms with Gasteiger partial charge in [0.25, 0.3) is 0 Å². The van der Waals surface area contributed by atoms with Crippen molar-refractivity contribution in [2.75, 3.05) is 13.2 Å². The van der Waals surface area contributed by atoms with E-state index in [1.54, 1.807) is 0 Å². The third-order valence-corrected chi connectivity index (χ3v) is 1.48. The van der Waals surface area contributed by atoms with Gasteiger partial charge >= 0.3 is 12.3 Å². The van der Waals surface area contributed by atoms with Crippen LogP contribution in [0.5, 0.6) is 0 Å². The second-order valence-corrected chi connectivity index (χ2v) is 2.43. The third-order valence-electron chi connectivity index (χ3n) is 1.48. The van der Waals surface area contributed by atoms with E-state index in [4.69, 9.17) is 4.74 Å². The topological polar surface area (TPSA) is 35.5 Å². The molecule has 1 heterocycles. The molecule has 1 aliphatic heterocycles. The van der Waals surface area contributed by atoms with Gasteiger partial charge in [-0.25, -0.2) is 0 Å². The fraction of sp³-hybridized carbons (Fsp3) is 0.833. The Morgan fingerprint density at radius 3 is 2.58 bits per heavy atom. The SMILES string of the molecule is O=C(OC(F)(F)F)C1CCOC1. The maximum absolute atomic E-state index is 11.5. The van der Waals surface area contributed by atoms with E-state index in [2.05, 4.69) is 4.74 Å². The van der Waals surface area contributed by atoms with E-state index in [9.17, 15) is 18.0 Å². The Balaban J connectivity index is 2.37. The van der Waals surface area contributed by atoms with Crippen LogP contribution in [0.1, 0.15) is 6.42 Å². The lowest BCUT2D eigenvalue weighted by atomic mass is 10.1. The van der Waals surface area contributed by atoms with E-state index in [-0.39, 0.29) is 6.61 Å². The van der Waals surface area contributed by atoms with Crippen LogP contribution in [0.3, 0.4) is 0 Å². The monoisotopic (exact) mass is 184 g/mol. The van der Waals surface area contributed by atoms with Gasteiger partial charge in [0, 0.05) is 6.61 Å². The number of esters is 1. The zero-order chi connectivity index (χ0) is 9.19. The number of hydrogen-bond acceptors (Lipinski definition) is 3. The summed E-state index contributed by atoms with van der Waals surface area (Å²) in [5.74, 6) is -2.01. The van der Waals surface area contributed by atoms with Gasteiger partial charge in [-0.15, -0.1) is 13.2 Å². The number of carbonyl (C=O) groups is 1. The summed E-state index contributed by atoms with van der Waals surface area (Å²) >= 11 is 0. The summed E-state index contributed by atoms with van der Waals surface area (Å²) in [6.07, 6.45) is -4.57. The highest BCUT2D eigenvalue weighted by Crippen LogP contribution is 2.21. The summed E-state index contributed by atoms with van der Waals surface area (Å²) < 4.78 is 42.4. The summed E-state index contributed by atoms with van der Waals surface area (Å²) in [6, 6.07) is 0. The minimum absolute atomic E-state index is 0.0227. The van der Waals surface area contributed by atoms with Crippen molar-refractivity contribution in [1.29, 1.82) is 0 Å². The Labute approximate surface area is 66.4 Å². The molecule has 1 atom stereocenters. The molecule has 0 aromatic heterocycles. The van der Waals surface area contributed by atoms with Crippen LogP contribution in [-0.4, -0.2) is 25.5 Å². The van der Waals surface area contributed by atoms with Gasteiger partial charge in [-0.2, -0.15) is 0 Å². The summed E-state index contributed by atoms with van der Waals surface area (Å²) in [5, 5.41) is 0. The summed E-state index contributed by atoms with van der Waals surface area (Å²) in [6.45, 7) is 0.340. The molecule has 3 nitrogen and oxygen atoms in total. The van der Waals surface area contributed by atoms with E-state index in [1.807, 2.05) is 0 Å². The Morgan fingerprint density at radius 1 is 1.50 bits per heavy atom. The van der Waals surface area contributed by atoms with E-state index < -0.39 is 18.2 Å². The fourth-order valence-electron chi connectivity index (χ4n) is 0.918. The second-order valence-electron chi connectivity index (χ2n) is 2.43. The van der Waals surface area contributed by atoms with E-state index >= 15 is 0 Å². The molecule has 0 radical (unpaired) electrons. The van der Waals surface area contributed by atoms with Crippen LogP contribution in [0.15, 0.2) is 0 Å². The molecular weight excluding hydrogens is 177 g/mol. The third kappa shape index (κ3) is 2.69. The molecule has 0 bridgehead atoms. The predicted molar refractivity (Wildman–Crippen MR) is 31.1 cm³/mol. The first kappa shape index (κ1) is 9.31. The van der Waals surface area contributed by atoms with Crippen LogP contribution < -0.4 is 0 Å². The molecule has 0 aliphatic carbocycles. The van der Waals surface area contributed by atoms with Crippen LogP contribution in [0, 0.1) is 5.92 Å². The van der Waals surface area contributed by atoms with Crippen LogP contribution >= 0.6 is 0 Å². The molecule has 0 aromatic carbocycles. The molecule has 0 aromatic rings. The first-order valence-electron chi connectivity index (χ1n) is 3.36. The highest BCUT2D eigenvalue weighted by atomic mass is 19.4. The quantitative estimate of drug-likeness (QED) is 0.572. The van der Waals surface area contributed by atoms with Gasteiger partial charge in [-0.3, -0.25) is 4.79 Å². The lowest BCUT2D eigenvalue weighted by Gasteiger charge is -2.09. The first-order chi connectivity index (χ1) is 5.49. The Kier molecular flexibility index (Phi) is 2.56. The Hall–Kier alpha value is -0.780. The Bertz CT molecular complexity index is 171. The van der Waals surface area contributed by atoms with Gasteiger partial charge in [-0.1, -0.05) is 0 Å². The molecule has 1 fully saturated rings. The zero-order valence-electron chi connectivity index (χ0n) is 6.06. The molecule has 0 spiro atoms. The van der Waals surface area contributed by atoms with E-state index in [1.165, 1.54) is 0 Å². The van der Waals surface area contributed by atoms with E-state index in [0.29, 0.717) is 13.0 Å². The van der Waals surface area contributed by atoms with Crippen molar-refractivity contribution in [2.45, 2.75) is 12.8 Å². The molecule has 0 saturated carbocycles. The number of halogens is 3. The van der Waals surface area contributed by atoms with Crippen molar-refractivity contribution in [1.82, 2.24) is 0 Å². The van der Waals surface area contributed by atoms with Crippen LogP contribution in [0.25, 0.3) is 0 Å². The molecule has 0 amide bonds. The number of ether oxygens (including phenoxy) is 2. The molecule has 1 aliphatic rings. The molecular formula is C6H7F3O3. The molecule has 1 rings (SSSR count). The molecule has 0 N–H and O–H groups in total. The van der Waals surface area contributed by atoms with Crippen molar-refractivity contribution in [2.24, 2.45) is 5.92 Å². The van der Waals surface area contributed by atoms with Crippen molar-refractivity contribution in [3.63, 3.8) is 0 Å². The van der Waals surface area contributed by atoms with Crippen LogP contribution in [0.2, 0.25) is 0 Å². The Morgan fingerprint density at radius 2 is 2.17 bits per heavy atom. The molecule has 1 unspecified atom stereocenters. The minimum atomic E-state index is -4.88. The second kappa shape index (κ2) is 3.30. The van der Waals surface area contributed by atoms with Gasteiger partial charge in [0.2, 0.25) is 0 Å². The first-order valence-corrected chi connectivity index (χ1v) is 3.36. The number of rotatable bonds is 1. The van der Waals surface area contributed by atoms with Crippen molar-refractivity contribution in [3.05, 3.63) is 0 Å². The van der Waals surface area contributed by atoms with Crippen molar-refractivity contribution in [3.8, 4) is 0 Å². The van der Waals surface area contributed by atoms with Gasteiger partial charge < -0.3 is 9.47 Å². The number of alkyl halides is 3. The zero-order valence-corrected chi connectivity index (χ0v) is 6.06. The maximum Gasteiger partial charge on any atom is 0.575 e. The maximum atomic E-state index is 11.5. The average Bonchev–Trinajstić information content (AvgIpc) is 2.32. The lowest BCUT2D eigenvalue weighted by Crippen LogP contribution is -2.25. The largest absolute Gasteiger partial charge is 0.575 e. The van der Waals surface area contributed by atoms with Crippen LogP contribution in [0.4, 0.5) is 13.2 Å². The van der Waals surface area contributed by atoms with Crippen molar-refractivity contribution >= 4 is 5.97 Å². The molecule has 1 saturated heterocycles. The molecule has 12 heavy (non-hydrogen) atoms. The van der Waals surface area contributed by atoms with Gasteiger partial charge in [0.15, 0.2) is 0 Å². The van der Waals surface area contributed by atoms with Crippen LogP contribution in [-0.2, 0) is 14.3 Å². The van der Waals surface area contributed by atoms with Gasteiger partial charge in [0.05, 0.1) is 12.5 Å².